The summed E-state index contributed by atoms with van der Waals surface area (Å²) in [5.41, 5.74) is 0. The Bertz CT molecular complexity index is 140. The zero-order chi connectivity index (χ0) is 7.44. The average molecular weight is 192 g/mol. The molecule has 0 spiro atoms. The normalized spacial score (nSPS) is 11.3. The van der Waals surface area contributed by atoms with Gasteiger partial charge in [-0.15, -0.1) is 0 Å². The van der Waals surface area contributed by atoms with Gasteiger partial charge in [0, 0.05) is 20.3 Å². The van der Waals surface area contributed by atoms with Crippen molar-refractivity contribution >= 4 is 21.7 Å². The monoisotopic (exact) mass is 191 g/mol. The van der Waals surface area contributed by atoms with Gasteiger partial charge >= 0.3 is 0 Å². The number of Topliss-reactive ketones (excluding diaryl/α,β-unsaturated/α-hetero) is 1. The lowest BCUT2D eigenvalue weighted by Gasteiger charge is -2.03. The van der Waals surface area contributed by atoms with E-state index in [1.807, 2.05) is 19.0 Å². The summed E-state index contributed by atoms with van der Waals surface area (Å²) in [5.74, 6) is 0.0451. The largest absolute Gasteiger partial charge is 0.382 e. The first kappa shape index (κ1) is 8.69. The first-order chi connectivity index (χ1) is 4.04. The molecule has 0 aromatic rings. The lowest BCUT2D eigenvalue weighted by atomic mass is 10.4. The van der Waals surface area contributed by atoms with Gasteiger partial charge in [0.1, 0.15) is 0 Å². The number of carbonyl (C=O) groups is 1. The fraction of sp³-hybridized carbons (Fsp3) is 0.500. The van der Waals surface area contributed by atoms with Crippen LogP contribution in [0.2, 0.25) is 0 Å². The summed E-state index contributed by atoms with van der Waals surface area (Å²) in [5, 5.41) is 0. The van der Waals surface area contributed by atoms with Gasteiger partial charge in [-0.2, -0.15) is 0 Å². The highest BCUT2D eigenvalue weighted by molar-refractivity contribution is 9.12. The second kappa shape index (κ2) is 3.67. The van der Waals surface area contributed by atoms with Crippen molar-refractivity contribution in [3.63, 3.8) is 0 Å². The van der Waals surface area contributed by atoms with Gasteiger partial charge in [-0.05, 0) is 22.9 Å². The van der Waals surface area contributed by atoms with Crippen molar-refractivity contribution in [3.8, 4) is 0 Å². The summed E-state index contributed by atoms with van der Waals surface area (Å²) in [6.45, 7) is 1.52. The quantitative estimate of drug-likeness (QED) is 0.616. The zero-order valence-electron chi connectivity index (χ0n) is 5.81. The topological polar surface area (TPSA) is 20.3 Å². The second-order valence-electron chi connectivity index (χ2n) is 2.00. The average Bonchev–Trinajstić information content (AvgIpc) is 1.63. The number of ketones is 1. The van der Waals surface area contributed by atoms with Gasteiger partial charge in [-0.25, -0.2) is 0 Å². The molecule has 3 heteroatoms. The van der Waals surface area contributed by atoms with Crippen LogP contribution in [0.1, 0.15) is 6.92 Å². The van der Waals surface area contributed by atoms with Crippen LogP contribution < -0.4 is 0 Å². The highest BCUT2D eigenvalue weighted by atomic mass is 79.9. The number of hydrogen-bond donors (Lipinski definition) is 0. The predicted octanol–water partition coefficient (Wildman–Crippen LogP) is 1.37. The van der Waals surface area contributed by atoms with Crippen LogP contribution in [0.5, 0.6) is 0 Å². The molecule has 0 saturated heterocycles. The molecule has 0 radical (unpaired) electrons. The number of halogens is 1. The zero-order valence-corrected chi connectivity index (χ0v) is 7.40. The van der Waals surface area contributed by atoms with E-state index in [0.717, 1.165) is 0 Å². The Morgan fingerprint density at radius 1 is 1.56 bits per heavy atom. The molecule has 0 aromatic carbocycles. The minimum absolute atomic E-state index is 0.0451. The van der Waals surface area contributed by atoms with Crippen molar-refractivity contribution < 1.29 is 4.79 Å². The predicted molar refractivity (Wildman–Crippen MR) is 41.4 cm³/mol. The Morgan fingerprint density at radius 2 is 2.00 bits per heavy atom. The highest BCUT2D eigenvalue weighted by Gasteiger charge is 1.96. The van der Waals surface area contributed by atoms with E-state index in [1.54, 1.807) is 6.20 Å². The Labute approximate surface area is 63.7 Å². The molecule has 0 saturated carbocycles. The van der Waals surface area contributed by atoms with Crippen molar-refractivity contribution in [2.75, 3.05) is 14.1 Å². The van der Waals surface area contributed by atoms with E-state index in [1.165, 1.54) is 6.92 Å². The van der Waals surface area contributed by atoms with Crippen molar-refractivity contribution in [1.29, 1.82) is 0 Å². The number of carbonyl (C=O) groups excluding carboxylic acids is 1. The second-order valence-corrected chi connectivity index (χ2v) is 2.85. The maximum absolute atomic E-state index is 10.5. The lowest BCUT2D eigenvalue weighted by molar-refractivity contribution is -0.112. The molecule has 0 amide bonds. The molecule has 9 heavy (non-hydrogen) atoms. The van der Waals surface area contributed by atoms with Gasteiger partial charge < -0.3 is 4.90 Å². The summed E-state index contributed by atoms with van der Waals surface area (Å²) in [7, 11) is 3.73. The van der Waals surface area contributed by atoms with E-state index in [9.17, 15) is 4.79 Å². The maximum atomic E-state index is 10.5. The van der Waals surface area contributed by atoms with Crippen molar-refractivity contribution in [1.82, 2.24) is 4.90 Å². The van der Waals surface area contributed by atoms with Gasteiger partial charge in [0.2, 0.25) is 0 Å². The van der Waals surface area contributed by atoms with Crippen molar-refractivity contribution in [2.45, 2.75) is 6.92 Å². The lowest BCUT2D eigenvalue weighted by Crippen LogP contribution is -2.03. The van der Waals surface area contributed by atoms with Gasteiger partial charge in [-0.3, -0.25) is 4.79 Å². The van der Waals surface area contributed by atoms with Crippen LogP contribution in [-0.2, 0) is 4.79 Å². The molecule has 0 aromatic heterocycles. The summed E-state index contributed by atoms with van der Waals surface area (Å²) in [4.78, 5) is 12.3. The van der Waals surface area contributed by atoms with Crippen LogP contribution in [0.3, 0.4) is 0 Å². The third kappa shape index (κ3) is 4.21. The molecule has 0 aliphatic rings. The SMILES string of the molecule is CC(=O)/C(Br)=C/N(C)C. The summed E-state index contributed by atoms with van der Waals surface area (Å²) < 4.78 is 0.604. The van der Waals surface area contributed by atoms with Crippen LogP contribution in [0.4, 0.5) is 0 Å². The third-order valence-electron chi connectivity index (χ3n) is 0.708. The van der Waals surface area contributed by atoms with Gasteiger partial charge in [0.15, 0.2) is 5.78 Å². The molecule has 0 fully saturated rings. The molecular weight excluding hydrogens is 182 g/mol. The van der Waals surface area contributed by atoms with Crippen LogP contribution in [0.25, 0.3) is 0 Å². The first-order valence-corrected chi connectivity index (χ1v) is 3.38. The van der Waals surface area contributed by atoms with E-state index in [4.69, 9.17) is 0 Å². The van der Waals surface area contributed by atoms with Crippen molar-refractivity contribution in [2.24, 2.45) is 0 Å². The van der Waals surface area contributed by atoms with Gasteiger partial charge in [-0.1, -0.05) is 0 Å². The summed E-state index contributed by atoms with van der Waals surface area (Å²) >= 11 is 3.11. The standard InChI is InChI=1S/C6H10BrNO/c1-5(9)6(7)4-8(2)3/h4H,1-3H3/b6-4-. The Balaban J connectivity index is 4.00. The number of allylic oxidation sites excluding steroid dienone is 1. The molecular formula is C6H10BrNO. The number of nitrogens with zero attached hydrogens (tertiary/aromatic N) is 1. The smallest absolute Gasteiger partial charge is 0.168 e. The van der Waals surface area contributed by atoms with E-state index >= 15 is 0 Å². The number of hydrogen-bond acceptors (Lipinski definition) is 2. The van der Waals surface area contributed by atoms with Crippen LogP contribution in [0.15, 0.2) is 10.7 Å². The molecule has 0 atom stereocenters. The molecule has 0 heterocycles. The number of rotatable bonds is 2. The Hall–Kier alpha value is -0.310. The summed E-state index contributed by atoms with van der Waals surface area (Å²) in [6, 6.07) is 0. The van der Waals surface area contributed by atoms with Crippen LogP contribution >= 0.6 is 15.9 Å². The molecule has 2 nitrogen and oxygen atoms in total. The van der Waals surface area contributed by atoms with E-state index < -0.39 is 0 Å². The Morgan fingerprint density at radius 3 is 2.11 bits per heavy atom. The van der Waals surface area contributed by atoms with E-state index in [2.05, 4.69) is 15.9 Å². The molecule has 0 aliphatic heterocycles. The molecule has 52 valence electrons. The minimum atomic E-state index is 0.0451. The summed E-state index contributed by atoms with van der Waals surface area (Å²) in [6.07, 6.45) is 1.72. The molecule has 0 unspecified atom stereocenters. The molecule has 0 rings (SSSR count). The fourth-order valence-corrected chi connectivity index (χ4v) is 0.727. The molecule has 0 N–H and O–H groups in total. The third-order valence-corrected chi connectivity index (χ3v) is 1.47. The maximum Gasteiger partial charge on any atom is 0.168 e. The van der Waals surface area contributed by atoms with Crippen molar-refractivity contribution in [3.05, 3.63) is 10.7 Å². The van der Waals surface area contributed by atoms with Gasteiger partial charge in [0.25, 0.3) is 0 Å². The highest BCUT2D eigenvalue weighted by Crippen LogP contribution is 2.05. The van der Waals surface area contributed by atoms with Crippen LogP contribution in [0, 0.1) is 0 Å². The molecule has 0 bridgehead atoms. The van der Waals surface area contributed by atoms with E-state index in [-0.39, 0.29) is 5.78 Å². The Kier molecular flexibility index (Phi) is 3.54. The minimum Gasteiger partial charge on any atom is -0.382 e. The fourth-order valence-electron chi connectivity index (χ4n) is 0.318. The van der Waals surface area contributed by atoms with Gasteiger partial charge in [0.05, 0.1) is 4.48 Å². The van der Waals surface area contributed by atoms with Crippen LogP contribution in [-0.4, -0.2) is 24.8 Å². The first-order valence-electron chi connectivity index (χ1n) is 2.58. The van der Waals surface area contributed by atoms with E-state index in [0.29, 0.717) is 4.48 Å². The molecule has 0 aliphatic carbocycles.